The highest BCUT2D eigenvalue weighted by molar-refractivity contribution is 5.81. The molecule has 0 amide bonds. The molecule has 1 aliphatic heterocycles. The number of rotatable bonds is 2. The molecule has 102 valence electrons. The summed E-state index contributed by atoms with van der Waals surface area (Å²) in [5, 5.41) is 10.4. The van der Waals surface area contributed by atoms with Gasteiger partial charge in [0.2, 0.25) is 0 Å². The molecule has 0 atom stereocenters. The minimum atomic E-state index is -0.128. The van der Waals surface area contributed by atoms with E-state index < -0.39 is 0 Å². The summed E-state index contributed by atoms with van der Waals surface area (Å²) in [5.41, 5.74) is 2.26. The standard InChI is InChI=1S/C17H19N3/c1-17(13-18)7-10-20(11-8-17)12-14-6-9-19-16-5-3-2-4-15(14)16/h2-6,9H,7-8,10-12H2,1H3. The first-order valence-corrected chi connectivity index (χ1v) is 7.16. The molecule has 1 aliphatic rings. The second-order valence-electron chi connectivity index (χ2n) is 5.94. The zero-order valence-electron chi connectivity index (χ0n) is 11.8. The second kappa shape index (κ2) is 5.22. The molecule has 1 aromatic carbocycles. The van der Waals surface area contributed by atoms with Gasteiger partial charge in [-0.15, -0.1) is 0 Å². The Labute approximate surface area is 119 Å². The Balaban J connectivity index is 1.77. The van der Waals surface area contributed by atoms with Gasteiger partial charge in [-0.1, -0.05) is 18.2 Å². The van der Waals surface area contributed by atoms with Gasteiger partial charge >= 0.3 is 0 Å². The number of hydrogen-bond donors (Lipinski definition) is 0. The monoisotopic (exact) mass is 265 g/mol. The smallest absolute Gasteiger partial charge is 0.0705 e. The highest BCUT2D eigenvalue weighted by Gasteiger charge is 2.29. The zero-order valence-corrected chi connectivity index (χ0v) is 11.8. The Morgan fingerprint density at radius 1 is 1.25 bits per heavy atom. The van der Waals surface area contributed by atoms with Crippen LogP contribution in [0.25, 0.3) is 10.9 Å². The molecule has 3 heteroatoms. The van der Waals surface area contributed by atoms with E-state index in [9.17, 15) is 5.26 Å². The maximum atomic E-state index is 9.19. The Kier molecular flexibility index (Phi) is 3.42. The average molecular weight is 265 g/mol. The van der Waals surface area contributed by atoms with Gasteiger partial charge in [-0.2, -0.15) is 5.26 Å². The minimum absolute atomic E-state index is 0.128. The molecule has 3 nitrogen and oxygen atoms in total. The maximum absolute atomic E-state index is 9.19. The van der Waals surface area contributed by atoms with Crippen LogP contribution in [0.2, 0.25) is 0 Å². The topological polar surface area (TPSA) is 39.9 Å². The van der Waals surface area contributed by atoms with Gasteiger partial charge in [0.1, 0.15) is 0 Å². The Morgan fingerprint density at radius 3 is 2.75 bits per heavy atom. The summed E-state index contributed by atoms with van der Waals surface area (Å²) in [4.78, 5) is 6.86. The van der Waals surface area contributed by atoms with E-state index in [1.54, 1.807) is 0 Å². The Hall–Kier alpha value is -1.92. The van der Waals surface area contributed by atoms with Crippen LogP contribution >= 0.6 is 0 Å². The summed E-state index contributed by atoms with van der Waals surface area (Å²) in [6.45, 7) is 5.03. The summed E-state index contributed by atoms with van der Waals surface area (Å²) in [7, 11) is 0. The SMILES string of the molecule is CC1(C#N)CCN(Cc2ccnc3ccccc23)CC1. The molecular formula is C17H19N3. The van der Waals surface area contributed by atoms with E-state index in [-0.39, 0.29) is 5.41 Å². The molecule has 3 rings (SSSR count). The van der Waals surface area contributed by atoms with Crippen LogP contribution in [0.1, 0.15) is 25.3 Å². The van der Waals surface area contributed by atoms with Crippen LogP contribution in [0.15, 0.2) is 36.5 Å². The average Bonchev–Trinajstić information content (AvgIpc) is 2.50. The molecule has 2 aromatic rings. The summed E-state index contributed by atoms with van der Waals surface area (Å²) in [5.74, 6) is 0. The lowest BCUT2D eigenvalue weighted by Crippen LogP contribution is -2.37. The minimum Gasteiger partial charge on any atom is -0.299 e. The largest absolute Gasteiger partial charge is 0.299 e. The predicted octanol–water partition coefficient (Wildman–Crippen LogP) is 3.36. The summed E-state index contributed by atoms with van der Waals surface area (Å²) < 4.78 is 0. The summed E-state index contributed by atoms with van der Waals surface area (Å²) >= 11 is 0. The van der Waals surface area contributed by atoms with Gasteiger partial charge in [-0.25, -0.2) is 0 Å². The van der Waals surface area contributed by atoms with Gasteiger partial charge in [-0.05, 0) is 50.6 Å². The number of piperidine rings is 1. The molecule has 1 saturated heterocycles. The van der Waals surface area contributed by atoms with Crippen LogP contribution in [-0.2, 0) is 6.54 Å². The summed E-state index contributed by atoms with van der Waals surface area (Å²) in [6, 6.07) is 12.9. The van der Waals surface area contributed by atoms with Crippen LogP contribution < -0.4 is 0 Å². The molecule has 0 unspecified atom stereocenters. The van der Waals surface area contributed by atoms with Crippen molar-refractivity contribution >= 4 is 10.9 Å². The van der Waals surface area contributed by atoms with Crippen molar-refractivity contribution in [1.29, 1.82) is 5.26 Å². The van der Waals surface area contributed by atoms with Gasteiger partial charge in [0.05, 0.1) is 17.0 Å². The molecule has 0 saturated carbocycles. The van der Waals surface area contributed by atoms with E-state index in [2.05, 4.69) is 47.1 Å². The highest BCUT2D eigenvalue weighted by atomic mass is 15.1. The van der Waals surface area contributed by atoms with Gasteiger partial charge in [-0.3, -0.25) is 9.88 Å². The molecular weight excluding hydrogens is 246 g/mol. The van der Waals surface area contributed by atoms with E-state index in [4.69, 9.17) is 0 Å². The van der Waals surface area contributed by atoms with Crippen molar-refractivity contribution in [2.24, 2.45) is 5.41 Å². The number of benzene rings is 1. The third-order valence-electron chi connectivity index (χ3n) is 4.36. The van der Waals surface area contributed by atoms with E-state index in [0.717, 1.165) is 38.0 Å². The van der Waals surface area contributed by atoms with Gasteiger partial charge in [0.25, 0.3) is 0 Å². The first-order chi connectivity index (χ1) is 9.70. The number of nitriles is 1. The van der Waals surface area contributed by atoms with Crippen molar-refractivity contribution in [2.45, 2.75) is 26.3 Å². The van der Waals surface area contributed by atoms with Crippen LogP contribution in [0.3, 0.4) is 0 Å². The van der Waals surface area contributed by atoms with E-state index in [1.165, 1.54) is 10.9 Å². The normalized spacial score (nSPS) is 18.8. The Bertz CT molecular complexity index is 643. The lowest BCUT2D eigenvalue weighted by molar-refractivity contribution is 0.151. The lowest BCUT2D eigenvalue weighted by atomic mass is 9.82. The quantitative estimate of drug-likeness (QED) is 0.836. The van der Waals surface area contributed by atoms with Crippen LogP contribution in [-0.4, -0.2) is 23.0 Å². The molecule has 20 heavy (non-hydrogen) atoms. The van der Waals surface area contributed by atoms with Crippen LogP contribution in [0, 0.1) is 16.7 Å². The fraction of sp³-hybridized carbons (Fsp3) is 0.412. The number of para-hydroxylation sites is 1. The number of pyridine rings is 1. The molecule has 0 spiro atoms. The molecule has 0 aliphatic carbocycles. The molecule has 0 N–H and O–H groups in total. The highest BCUT2D eigenvalue weighted by Crippen LogP contribution is 2.30. The first-order valence-electron chi connectivity index (χ1n) is 7.16. The van der Waals surface area contributed by atoms with Gasteiger partial charge < -0.3 is 0 Å². The lowest BCUT2D eigenvalue weighted by Gasteiger charge is -2.35. The maximum Gasteiger partial charge on any atom is 0.0705 e. The molecule has 2 heterocycles. The van der Waals surface area contributed by atoms with Crippen molar-refractivity contribution in [3.05, 3.63) is 42.1 Å². The van der Waals surface area contributed by atoms with Crippen molar-refractivity contribution in [3.8, 4) is 6.07 Å². The van der Waals surface area contributed by atoms with E-state index in [0.29, 0.717) is 0 Å². The second-order valence-corrected chi connectivity index (χ2v) is 5.94. The zero-order chi connectivity index (χ0) is 14.0. The third kappa shape index (κ3) is 2.52. The van der Waals surface area contributed by atoms with Crippen molar-refractivity contribution in [2.75, 3.05) is 13.1 Å². The molecule has 1 aromatic heterocycles. The van der Waals surface area contributed by atoms with Crippen LogP contribution in [0.5, 0.6) is 0 Å². The van der Waals surface area contributed by atoms with Crippen LogP contribution in [0.4, 0.5) is 0 Å². The van der Waals surface area contributed by atoms with Gasteiger partial charge in [0, 0.05) is 18.1 Å². The molecule has 0 radical (unpaired) electrons. The van der Waals surface area contributed by atoms with Crippen molar-refractivity contribution in [3.63, 3.8) is 0 Å². The van der Waals surface area contributed by atoms with E-state index >= 15 is 0 Å². The summed E-state index contributed by atoms with van der Waals surface area (Å²) in [6.07, 6.45) is 3.82. The number of nitrogens with zero attached hydrogens (tertiary/aromatic N) is 3. The number of fused-ring (bicyclic) bond motifs is 1. The van der Waals surface area contributed by atoms with Crippen molar-refractivity contribution < 1.29 is 0 Å². The number of aromatic nitrogens is 1. The first kappa shape index (κ1) is 13.1. The van der Waals surface area contributed by atoms with Gasteiger partial charge in [0.15, 0.2) is 0 Å². The number of hydrogen-bond acceptors (Lipinski definition) is 3. The van der Waals surface area contributed by atoms with E-state index in [1.807, 2.05) is 12.3 Å². The number of likely N-dealkylation sites (tertiary alicyclic amines) is 1. The van der Waals surface area contributed by atoms with Crippen molar-refractivity contribution in [1.82, 2.24) is 9.88 Å². The predicted molar refractivity (Wildman–Crippen MR) is 80.0 cm³/mol. The molecule has 1 fully saturated rings. The molecule has 0 bridgehead atoms. The third-order valence-corrected chi connectivity index (χ3v) is 4.36. The fourth-order valence-corrected chi connectivity index (χ4v) is 2.85. The Morgan fingerprint density at radius 2 is 2.00 bits per heavy atom. The fourth-order valence-electron chi connectivity index (χ4n) is 2.85.